The predicted molar refractivity (Wildman–Crippen MR) is 151 cm³/mol. The molecule has 4 aromatic rings. The van der Waals surface area contributed by atoms with E-state index in [1.807, 2.05) is 22.9 Å². The maximum absolute atomic E-state index is 12.5. The zero-order valence-electron chi connectivity index (χ0n) is 20.9. The molecule has 1 fully saturated rings. The number of halogens is 4. The van der Waals surface area contributed by atoms with Crippen molar-refractivity contribution in [2.24, 2.45) is 0 Å². The van der Waals surface area contributed by atoms with E-state index in [-0.39, 0.29) is 5.75 Å². The number of anilines is 1. The van der Waals surface area contributed by atoms with Crippen LogP contribution < -0.4 is 9.64 Å². The Labute approximate surface area is 234 Å². The first kappa shape index (κ1) is 27.2. The Morgan fingerprint density at radius 2 is 1.69 bits per heavy atom. The average molecular weight is 571 g/mol. The summed E-state index contributed by atoms with van der Waals surface area (Å²) in [4.78, 5) is 7.12. The number of benzene rings is 3. The second kappa shape index (κ2) is 12.2. The Morgan fingerprint density at radius 1 is 0.923 bits per heavy atom. The molecule has 202 valence electrons. The molecule has 5 nitrogen and oxygen atoms in total. The fourth-order valence-corrected chi connectivity index (χ4v) is 5.58. The molecule has 39 heavy (non-hydrogen) atoms. The van der Waals surface area contributed by atoms with E-state index in [1.165, 1.54) is 24.1 Å². The van der Waals surface area contributed by atoms with Crippen LogP contribution in [0.3, 0.4) is 0 Å². The van der Waals surface area contributed by atoms with Crippen LogP contribution in [-0.4, -0.2) is 46.4 Å². The molecule has 5 rings (SSSR count). The second-order valence-electron chi connectivity index (χ2n) is 9.08. The Balaban J connectivity index is 1.14. The van der Waals surface area contributed by atoms with E-state index in [9.17, 15) is 13.2 Å². The summed E-state index contributed by atoms with van der Waals surface area (Å²) >= 11 is 7.80. The van der Waals surface area contributed by atoms with Crippen LogP contribution in [0, 0.1) is 0 Å². The van der Waals surface area contributed by atoms with Crippen LogP contribution in [0.15, 0.2) is 90.3 Å². The van der Waals surface area contributed by atoms with E-state index in [0.29, 0.717) is 11.6 Å². The summed E-state index contributed by atoms with van der Waals surface area (Å²) < 4.78 is 45.7. The molecule has 1 aliphatic rings. The number of aromatic nitrogens is 2. The highest BCUT2D eigenvalue weighted by atomic mass is 35.5. The first-order chi connectivity index (χ1) is 18.8. The van der Waals surface area contributed by atoms with Crippen molar-refractivity contribution < 1.29 is 17.9 Å². The van der Waals surface area contributed by atoms with Crippen LogP contribution in [0.2, 0.25) is 5.02 Å². The van der Waals surface area contributed by atoms with E-state index in [0.717, 1.165) is 53.5 Å². The molecule has 0 unspecified atom stereocenters. The van der Waals surface area contributed by atoms with Crippen molar-refractivity contribution in [1.82, 2.24) is 13.9 Å². The molecule has 0 bridgehead atoms. The maximum Gasteiger partial charge on any atom is 0.573 e. The smallest absolute Gasteiger partial charge is 0.406 e. The van der Waals surface area contributed by atoms with Gasteiger partial charge in [0.2, 0.25) is 0 Å². The predicted octanol–water partition coefficient (Wildman–Crippen LogP) is 7.48. The fraction of sp³-hybridized carbons (Fsp3) is 0.207. The molecule has 1 saturated heterocycles. The lowest BCUT2D eigenvalue weighted by molar-refractivity contribution is -0.274. The SMILES string of the molecule is FC(F)(F)Oc1cccc(SN2CCN(c3ccc(/C=C/c4cc(Cl)cc(Cn5ccnc5)c4)cc3)CC2)c1. The summed E-state index contributed by atoms with van der Waals surface area (Å²) in [6.07, 6.45) is 4.90. The van der Waals surface area contributed by atoms with Gasteiger partial charge in [-0.15, -0.1) is 13.2 Å². The van der Waals surface area contributed by atoms with Gasteiger partial charge in [0.25, 0.3) is 0 Å². The average Bonchev–Trinajstić information content (AvgIpc) is 3.40. The number of piperazine rings is 1. The molecule has 0 aliphatic carbocycles. The lowest BCUT2D eigenvalue weighted by atomic mass is 10.1. The Hall–Kier alpha value is -3.40. The number of hydrogen-bond acceptors (Lipinski definition) is 5. The first-order valence-corrected chi connectivity index (χ1v) is 13.5. The van der Waals surface area contributed by atoms with Crippen molar-refractivity contribution >= 4 is 41.4 Å². The van der Waals surface area contributed by atoms with Crippen molar-refractivity contribution in [1.29, 1.82) is 0 Å². The molecular formula is C29H26ClF3N4OS. The summed E-state index contributed by atoms with van der Waals surface area (Å²) in [5.74, 6) is -0.203. The largest absolute Gasteiger partial charge is 0.573 e. The highest BCUT2D eigenvalue weighted by Crippen LogP contribution is 2.30. The van der Waals surface area contributed by atoms with Gasteiger partial charge in [-0.05, 0) is 77.2 Å². The monoisotopic (exact) mass is 570 g/mol. The van der Waals surface area contributed by atoms with Crippen LogP contribution in [0.5, 0.6) is 5.75 Å². The molecule has 0 spiro atoms. The van der Waals surface area contributed by atoms with E-state index in [1.54, 1.807) is 24.7 Å². The van der Waals surface area contributed by atoms with Gasteiger partial charge >= 0.3 is 6.36 Å². The van der Waals surface area contributed by atoms with Gasteiger partial charge in [0.1, 0.15) is 5.75 Å². The van der Waals surface area contributed by atoms with Gasteiger partial charge in [-0.2, -0.15) is 0 Å². The van der Waals surface area contributed by atoms with Crippen LogP contribution in [0.25, 0.3) is 12.2 Å². The second-order valence-corrected chi connectivity index (χ2v) is 10.7. The van der Waals surface area contributed by atoms with Gasteiger partial charge in [-0.25, -0.2) is 9.29 Å². The van der Waals surface area contributed by atoms with Gasteiger partial charge in [-0.3, -0.25) is 0 Å². The fourth-order valence-electron chi connectivity index (χ4n) is 4.36. The van der Waals surface area contributed by atoms with E-state index < -0.39 is 6.36 Å². The zero-order chi connectivity index (χ0) is 27.2. The third kappa shape index (κ3) is 8.05. The quantitative estimate of drug-likeness (QED) is 0.162. The van der Waals surface area contributed by atoms with Crippen LogP contribution in [0.1, 0.15) is 16.7 Å². The molecule has 10 heteroatoms. The van der Waals surface area contributed by atoms with E-state index in [4.69, 9.17) is 11.6 Å². The van der Waals surface area contributed by atoms with Gasteiger partial charge in [0.05, 0.1) is 6.33 Å². The molecular weight excluding hydrogens is 545 g/mol. The summed E-state index contributed by atoms with van der Waals surface area (Å²) in [7, 11) is 0. The number of rotatable bonds is 8. The lowest BCUT2D eigenvalue weighted by Crippen LogP contribution is -2.43. The molecule has 0 amide bonds. The topological polar surface area (TPSA) is 33.5 Å². The van der Waals surface area contributed by atoms with Gasteiger partial charge in [0.15, 0.2) is 0 Å². The van der Waals surface area contributed by atoms with Crippen molar-refractivity contribution in [3.8, 4) is 5.75 Å². The molecule has 2 heterocycles. The Morgan fingerprint density at radius 3 is 2.41 bits per heavy atom. The zero-order valence-corrected chi connectivity index (χ0v) is 22.5. The highest BCUT2D eigenvalue weighted by molar-refractivity contribution is 7.97. The minimum absolute atomic E-state index is 0.203. The van der Waals surface area contributed by atoms with Gasteiger partial charge in [-0.1, -0.05) is 42.0 Å². The maximum atomic E-state index is 12.5. The summed E-state index contributed by atoms with van der Waals surface area (Å²) in [5.41, 5.74) is 4.37. The summed E-state index contributed by atoms with van der Waals surface area (Å²) in [6, 6.07) is 20.5. The normalized spacial score (nSPS) is 14.7. The molecule has 0 radical (unpaired) electrons. The number of alkyl halides is 3. The molecule has 0 atom stereocenters. The van der Waals surface area contributed by atoms with Crippen molar-refractivity contribution in [3.05, 3.63) is 107 Å². The molecule has 3 aromatic carbocycles. The van der Waals surface area contributed by atoms with Crippen molar-refractivity contribution in [3.63, 3.8) is 0 Å². The minimum Gasteiger partial charge on any atom is -0.406 e. The molecule has 0 N–H and O–H groups in total. The Bertz CT molecular complexity index is 1400. The van der Waals surface area contributed by atoms with Crippen molar-refractivity contribution in [2.45, 2.75) is 17.8 Å². The molecule has 1 aliphatic heterocycles. The Kier molecular flexibility index (Phi) is 8.50. The highest BCUT2D eigenvalue weighted by Gasteiger charge is 2.31. The van der Waals surface area contributed by atoms with E-state index >= 15 is 0 Å². The molecule has 1 aromatic heterocycles. The van der Waals surface area contributed by atoms with Gasteiger partial charge < -0.3 is 14.2 Å². The van der Waals surface area contributed by atoms with E-state index in [2.05, 4.69) is 61.4 Å². The summed E-state index contributed by atoms with van der Waals surface area (Å²) in [6.45, 7) is 3.92. The van der Waals surface area contributed by atoms with Gasteiger partial charge in [0, 0.05) is 60.7 Å². The number of nitrogens with zero attached hydrogens (tertiary/aromatic N) is 4. The standard InChI is InChI=1S/C29H26ClF3N4OS/c30-25-17-23(16-24(18-25)20-35-11-10-34-21-35)5-4-22-6-8-26(9-7-22)36-12-14-37(15-13-36)39-28-3-1-2-27(19-28)38-29(31,32)33/h1-11,16-19,21H,12-15,20H2/b5-4+. The number of ether oxygens (including phenoxy) is 1. The van der Waals surface area contributed by atoms with Crippen molar-refractivity contribution in [2.75, 3.05) is 31.1 Å². The third-order valence-corrected chi connectivity index (χ3v) is 7.45. The first-order valence-electron chi connectivity index (χ1n) is 12.4. The van der Waals surface area contributed by atoms with Crippen LogP contribution >= 0.6 is 23.5 Å². The lowest BCUT2D eigenvalue weighted by Gasteiger charge is -2.35. The van der Waals surface area contributed by atoms with Crippen LogP contribution in [0.4, 0.5) is 18.9 Å². The minimum atomic E-state index is -4.69. The summed E-state index contributed by atoms with van der Waals surface area (Å²) in [5, 5.41) is 0.697. The molecule has 0 saturated carbocycles. The third-order valence-electron chi connectivity index (χ3n) is 6.14. The number of hydrogen-bond donors (Lipinski definition) is 0. The number of imidazole rings is 1. The van der Waals surface area contributed by atoms with Crippen LogP contribution in [-0.2, 0) is 6.54 Å².